The number of methoxy groups -OCH3 is 1. The van der Waals surface area contributed by atoms with Gasteiger partial charge in [0, 0.05) is 5.39 Å². The minimum absolute atomic E-state index is 0.0450. The van der Waals surface area contributed by atoms with Gasteiger partial charge in [-0.25, -0.2) is 18.7 Å². The van der Waals surface area contributed by atoms with E-state index in [1.807, 2.05) is 0 Å². The number of nitrogens with two attached hydrogens (primary N) is 1. The molecule has 2 aromatic rings. The number of hydrogen-bond donors (Lipinski definition) is 1. The van der Waals surface area contributed by atoms with Crippen LogP contribution in [-0.2, 0) is 5.92 Å². The van der Waals surface area contributed by atoms with Crippen molar-refractivity contribution in [2.45, 2.75) is 12.3 Å². The van der Waals surface area contributed by atoms with Gasteiger partial charge in [-0.2, -0.15) is 8.78 Å². The van der Waals surface area contributed by atoms with Crippen LogP contribution in [-0.4, -0.2) is 23.5 Å². The van der Waals surface area contributed by atoms with E-state index in [2.05, 4.69) is 9.97 Å². The Hall–Kier alpha value is -2.12. The fourth-order valence-electron chi connectivity index (χ4n) is 1.50. The maximum Gasteiger partial charge on any atom is 0.365 e. The molecule has 0 fully saturated rings. The Morgan fingerprint density at radius 2 is 1.95 bits per heavy atom. The van der Waals surface area contributed by atoms with Crippen LogP contribution in [0.1, 0.15) is 5.82 Å². The van der Waals surface area contributed by atoms with Crippen LogP contribution in [0.2, 0.25) is 0 Å². The average molecular weight is 275 g/mol. The number of halogens is 4. The van der Waals surface area contributed by atoms with E-state index in [0.717, 1.165) is 0 Å². The molecule has 0 aliphatic heterocycles. The number of rotatable bonds is 3. The van der Waals surface area contributed by atoms with Crippen LogP contribution in [0.4, 0.5) is 23.4 Å². The average Bonchev–Trinajstić information content (AvgIpc) is 2.38. The molecule has 8 heteroatoms. The standard InChI is InChI=1S/C11H9F4N3O/c1-19-5-2-3-7-6(4-5)8(16)18-10(17-7)11(14,15)9(12)13/h2-4,9H,1H3,(H2,16,17,18). The van der Waals surface area contributed by atoms with Crippen LogP contribution in [0.15, 0.2) is 18.2 Å². The van der Waals surface area contributed by atoms with Crippen molar-refractivity contribution in [1.82, 2.24) is 9.97 Å². The molecule has 0 aliphatic rings. The lowest BCUT2D eigenvalue weighted by molar-refractivity contribution is -0.140. The monoisotopic (exact) mass is 275 g/mol. The summed E-state index contributed by atoms with van der Waals surface area (Å²) in [5.74, 6) is -5.62. The van der Waals surface area contributed by atoms with Crippen molar-refractivity contribution in [2.75, 3.05) is 12.8 Å². The number of fused-ring (bicyclic) bond motifs is 1. The second-order valence-corrected chi connectivity index (χ2v) is 3.74. The van der Waals surface area contributed by atoms with Gasteiger partial charge in [0.05, 0.1) is 12.6 Å². The largest absolute Gasteiger partial charge is 0.497 e. The SMILES string of the molecule is COc1ccc2nc(C(F)(F)C(F)F)nc(N)c2c1. The van der Waals surface area contributed by atoms with Gasteiger partial charge in [0.25, 0.3) is 0 Å². The summed E-state index contributed by atoms with van der Waals surface area (Å²) in [6.45, 7) is 0. The van der Waals surface area contributed by atoms with Crippen molar-refractivity contribution in [2.24, 2.45) is 0 Å². The maximum absolute atomic E-state index is 13.2. The smallest absolute Gasteiger partial charge is 0.365 e. The van der Waals surface area contributed by atoms with Crippen LogP contribution in [0.5, 0.6) is 5.75 Å². The first-order chi connectivity index (χ1) is 8.86. The lowest BCUT2D eigenvalue weighted by Crippen LogP contribution is -2.26. The summed E-state index contributed by atoms with van der Waals surface area (Å²) in [6, 6.07) is 4.24. The number of alkyl halides is 4. The van der Waals surface area contributed by atoms with E-state index >= 15 is 0 Å². The summed E-state index contributed by atoms with van der Waals surface area (Å²) in [5, 5.41) is 0.258. The first-order valence-corrected chi connectivity index (χ1v) is 5.14. The molecule has 102 valence electrons. The predicted octanol–water partition coefficient (Wildman–Crippen LogP) is 2.58. The number of aromatic nitrogens is 2. The van der Waals surface area contributed by atoms with Crippen LogP contribution < -0.4 is 10.5 Å². The van der Waals surface area contributed by atoms with Crippen molar-refractivity contribution in [3.8, 4) is 5.75 Å². The van der Waals surface area contributed by atoms with Crippen molar-refractivity contribution in [3.63, 3.8) is 0 Å². The molecule has 0 aliphatic carbocycles. The van der Waals surface area contributed by atoms with Gasteiger partial charge in [-0.1, -0.05) is 0 Å². The van der Waals surface area contributed by atoms with Gasteiger partial charge in [0.1, 0.15) is 11.6 Å². The molecule has 0 saturated heterocycles. The molecule has 0 radical (unpaired) electrons. The molecule has 1 heterocycles. The van der Waals surface area contributed by atoms with E-state index in [-0.39, 0.29) is 16.7 Å². The van der Waals surface area contributed by atoms with Crippen LogP contribution >= 0.6 is 0 Å². The van der Waals surface area contributed by atoms with Gasteiger partial charge in [0.2, 0.25) is 5.82 Å². The molecule has 0 bridgehead atoms. The fourth-order valence-corrected chi connectivity index (χ4v) is 1.50. The lowest BCUT2D eigenvalue weighted by Gasteiger charge is -2.15. The summed E-state index contributed by atoms with van der Waals surface area (Å²) < 4.78 is 55.8. The minimum atomic E-state index is -4.44. The van der Waals surface area contributed by atoms with Gasteiger partial charge in [-0.15, -0.1) is 0 Å². The van der Waals surface area contributed by atoms with E-state index in [1.54, 1.807) is 0 Å². The van der Waals surface area contributed by atoms with E-state index in [1.165, 1.54) is 25.3 Å². The molecule has 1 aromatic carbocycles. The quantitative estimate of drug-likeness (QED) is 0.874. The molecule has 19 heavy (non-hydrogen) atoms. The number of hydrogen-bond acceptors (Lipinski definition) is 4. The summed E-state index contributed by atoms with van der Waals surface area (Å²) >= 11 is 0. The van der Waals surface area contributed by atoms with Crippen molar-refractivity contribution >= 4 is 16.7 Å². The first-order valence-electron chi connectivity index (χ1n) is 5.14. The molecule has 2 N–H and O–H groups in total. The zero-order valence-electron chi connectivity index (χ0n) is 9.70. The van der Waals surface area contributed by atoms with Crippen LogP contribution in [0.25, 0.3) is 10.9 Å². The van der Waals surface area contributed by atoms with Crippen molar-refractivity contribution < 1.29 is 22.3 Å². The zero-order valence-corrected chi connectivity index (χ0v) is 9.70. The molecule has 0 saturated carbocycles. The molecule has 0 amide bonds. The molecule has 4 nitrogen and oxygen atoms in total. The number of benzene rings is 1. The summed E-state index contributed by atoms with van der Waals surface area (Å²) in [7, 11) is 1.41. The Labute approximate surface area is 105 Å². The molecular formula is C11H9F4N3O. The number of nitrogen functional groups attached to an aromatic ring is 1. The van der Waals surface area contributed by atoms with E-state index in [9.17, 15) is 17.6 Å². The Morgan fingerprint density at radius 1 is 1.26 bits per heavy atom. The second-order valence-electron chi connectivity index (χ2n) is 3.74. The second kappa shape index (κ2) is 4.52. The predicted molar refractivity (Wildman–Crippen MR) is 60.4 cm³/mol. The maximum atomic E-state index is 13.2. The first kappa shape index (κ1) is 13.3. The van der Waals surface area contributed by atoms with Gasteiger partial charge >= 0.3 is 12.3 Å². The van der Waals surface area contributed by atoms with E-state index in [4.69, 9.17) is 10.5 Å². The Balaban J connectivity index is 2.63. The molecule has 0 atom stereocenters. The molecule has 2 rings (SSSR count). The fraction of sp³-hybridized carbons (Fsp3) is 0.273. The highest BCUT2D eigenvalue weighted by Gasteiger charge is 2.46. The Bertz CT molecular complexity index is 618. The van der Waals surface area contributed by atoms with E-state index < -0.39 is 18.2 Å². The molecular weight excluding hydrogens is 266 g/mol. The topological polar surface area (TPSA) is 61.0 Å². The molecule has 0 spiro atoms. The third-order valence-electron chi connectivity index (χ3n) is 2.50. The summed E-state index contributed by atoms with van der Waals surface area (Å²) in [5.41, 5.74) is 5.54. The number of anilines is 1. The van der Waals surface area contributed by atoms with Crippen molar-refractivity contribution in [3.05, 3.63) is 24.0 Å². The van der Waals surface area contributed by atoms with Crippen LogP contribution in [0.3, 0.4) is 0 Å². The van der Waals surface area contributed by atoms with Crippen LogP contribution in [0, 0.1) is 0 Å². The minimum Gasteiger partial charge on any atom is -0.497 e. The third-order valence-corrected chi connectivity index (χ3v) is 2.50. The van der Waals surface area contributed by atoms with Gasteiger partial charge in [0.15, 0.2) is 0 Å². The third kappa shape index (κ3) is 2.25. The highest BCUT2D eigenvalue weighted by molar-refractivity contribution is 5.89. The Morgan fingerprint density at radius 3 is 2.53 bits per heavy atom. The number of nitrogens with zero attached hydrogens (tertiary/aromatic N) is 2. The summed E-state index contributed by atoms with van der Waals surface area (Å²) in [6.07, 6.45) is -3.90. The summed E-state index contributed by atoms with van der Waals surface area (Å²) in [4.78, 5) is 6.68. The van der Waals surface area contributed by atoms with Gasteiger partial charge in [-0.3, -0.25) is 0 Å². The lowest BCUT2D eigenvalue weighted by atomic mass is 10.2. The van der Waals surface area contributed by atoms with E-state index in [0.29, 0.717) is 5.75 Å². The van der Waals surface area contributed by atoms with Gasteiger partial charge < -0.3 is 10.5 Å². The Kier molecular flexibility index (Phi) is 3.17. The zero-order chi connectivity index (χ0) is 14.2. The van der Waals surface area contributed by atoms with Crippen molar-refractivity contribution in [1.29, 1.82) is 0 Å². The number of ether oxygens (including phenoxy) is 1. The highest BCUT2D eigenvalue weighted by atomic mass is 19.3. The van der Waals surface area contributed by atoms with Gasteiger partial charge in [-0.05, 0) is 18.2 Å². The normalized spacial score (nSPS) is 12.1. The molecule has 1 aromatic heterocycles. The molecule has 0 unspecified atom stereocenters. The highest BCUT2D eigenvalue weighted by Crippen LogP contribution is 2.34.